The van der Waals surface area contributed by atoms with E-state index in [1.54, 1.807) is 12.1 Å². The van der Waals surface area contributed by atoms with Crippen LogP contribution < -0.4 is 4.84 Å². The van der Waals surface area contributed by atoms with E-state index in [2.05, 4.69) is 25.3 Å². The predicted octanol–water partition coefficient (Wildman–Crippen LogP) is 0.00180. The van der Waals surface area contributed by atoms with Crippen LogP contribution in [-0.2, 0) is 4.74 Å². The summed E-state index contributed by atoms with van der Waals surface area (Å²) in [6.45, 7) is -0.507. The van der Waals surface area contributed by atoms with Crippen molar-refractivity contribution < 1.29 is 24.2 Å². The first-order valence-corrected chi connectivity index (χ1v) is 8.42. The minimum absolute atomic E-state index is 0.0899. The zero-order valence-electron chi connectivity index (χ0n) is 14.2. The van der Waals surface area contributed by atoms with Crippen molar-refractivity contribution in [3.8, 4) is 5.88 Å². The second-order valence-corrected chi connectivity index (χ2v) is 6.23. The number of aliphatic hydroxyl groups excluding tert-OH is 2. The third-order valence-electron chi connectivity index (χ3n) is 4.57. The molecule has 4 aromatic rings. The maximum atomic E-state index is 14.5. The van der Waals surface area contributed by atoms with E-state index in [0.717, 1.165) is 0 Å². The average Bonchev–Trinajstić information content (AvgIpc) is 3.40. The van der Waals surface area contributed by atoms with Gasteiger partial charge in [0.05, 0.1) is 12.9 Å². The number of hydrogen-bond donors (Lipinski definition) is 2. The van der Waals surface area contributed by atoms with Crippen LogP contribution in [0.5, 0.6) is 5.88 Å². The molecule has 0 aliphatic carbocycles. The molecule has 3 aromatic heterocycles. The standard InChI is InChI=1S/C16H14FN7O4/c17-11-13(26)10(5-25)27-16(11)23-7-20-12-14(23)18-6-19-15(12)28-24-9-4-2-1-3-8(9)21-22-24/h1-4,6-7,10-11,13,16,25-26H,5H2/t10?,11?,13-,16?/m1/s1. The summed E-state index contributed by atoms with van der Waals surface area (Å²) in [5, 5.41) is 27.0. The maximum absolute atomic E-state index is 14.5. The fourth-order valence-corrected chi connectivity index (χ4v) is 3.16. The first kappa shape index (κ1) is 16.9. The Hall–Kier alpha value is -3.22. The lowest BCUT2D eigenvalue weighted by atomic mass is 10.1. The summed E-state index contributed by atoms with van der Waals surface area (Å²) in [6, 6.07) is 7.21. The lowest BCUT2D eigenvalue weighted by Gasteiger charge is -2.14. The topological polar surface area (TPSA) is 133 Å². The predicted molar refractivity (Wildman–Crippen MR) is 90.8 cm³/mol. The summed E-state index contributed by atoms with van der Waals surface area (Å²) in [5.41, 5.74) is 1.76. The minimum Gasteiger partial charge on any atom is -0.394 e. The monoisotopic (exact) mass is 387 g/mol. The van der Waals surface area contributed by atoms with E-state index in [-0.39, 0.29) is 17.0 Å². The third kappa shape index (κ3) is 2.50. The number of fused-ring (bicyclic) bond motifs is 2. The lowest BCUT2D eigenvalue weighted by molar-refractivity contribution is -0.0459. The summed E-state index contributed by atoms with van der Waals surface area (Å²) in [4.78, 5) is 19.3. The number of para-hydroxylation sites is 1. The van der Waals surface area contributed by atoms with Crippen LogP contribution in [-0.4, -0.2) is 69.9 Å². The Kier molecular flexibility index (Phi) is 3.89. The molecule has 1 fully saturated rings. The van der Waals surface area contributed by atoms with E-state index in [4.69, 9.17) is 9.57 Å². The second-order valence-electron chi connectivity index (χ2n) is 6.23. The molecule has 3 unspecified atom stereocenters. The van der Waals surface area contributed by atoms with E-state index in [0.29, 0.717) is 11.0 Å². The fraction of sp³-hybridized carbons (Fsp3) is 0.312. The normalized spacial score (nSPS) is 25.0. The minimum atomic E-state index is -1.76. The van der Waals surface area contributed by atoms with E-state index < -0.39 is 31.2 Å². The summed E-state index contributed by atoms with van der Waals surface area (Å²) < 4.78 is 21.2. The maximum Gasteiger partial charge on any atom is 0.280 e. The number of aliphatic hydroxyl groups is 2. The Morgan fingerprint density at radius 1 is 1.21 bits per heavy atom. The number of imidazole rings is 1. The molecule has 0 amide bonds. The van der Waals surface area contributed by atoms with E-state index in [1.807, 2.05) is 12.1 Å². The quantitative estimate of drug-likeness (QED) is 0.496. The number of alkyl halides is 1. The fourth-order valence-electron chi connectivity index (χ4n) is 3.16. The largest absolute Gasteiger partial charge is 0.394 e. The van der Waals surface area contributed by atoms with Gasteiger partial charge < -0.3 is 19.8 Å². The number of benzene rings is 1. The van der Waals surface area contributed by atoms with Gasteiger partial charge in [0.25, 0.3) is 5.88 Å². The van der Waals surface area contributed by atoms with Crippen molar-refractivity contribution in [3.05, 3.63) is 36.9 Å². The highest BCUT2D eigenvalue weighted by Crippen LogP contribution is 2.34. The van der Waals surface area contributed by atoms with E-state index in [1.165, 1.54) is 22.1 Å². The molecule has 5 rings (SSSR count). The van der Waals surface area contributed by atoms with Crippen LogP contribution in [0.15, 0.2) is 36.9 Å². The number of hydrogen-bond acceptors (Lipinski definition) is 9. The van der Waals surface area contributed by atoms with Crippen LogP contribution in [0.2, 0.25) is 0 Å². The van der Waals surface area contributed by atoms with Crippen LogP contribution in [0.25, 0.3) is 22.2 Å². The van der Waals surface area contributed by atoms with Crippen molar-refractivity contribution in [2.75, 3.05) is 6.61 Å². The molecule has 0 saturated carbocycles. The van der Waals surface area contributed by atoms with Crippen molar-refractivity contribution in [2.24, 2.45) is 0 Å². The van der Waals surface area contributed by atoms with Gasteiger partial charge in [-0.15, -0.1) is 5.10 Å². The molecule has 144 valence electrons. The molecule has 1 saturated heterocycles. The summed E-state index contributed by atoms with van der Waals surface area (Å²) in [6.07, 6.45) is -2.88. The van der Waals surface area contributed by atoms with Gasteiger partial charge in [0.2, 0.25) is 0 Å². The molecule has 2 N–H and O–H groups in total. The Bertz CT molecular complexity index is 1150. The Morgan fingerprint density at radius 2 is 2.07 bits per heavy atom. The number of halogens is 1. The van der Waals surface area contributed by atoms with Crippen molar-refractivity contribution in [2.45, 2.75) is 24.6 Å². The number of aromatic nitrogens is 7. The van der Waals surface area contributed by atoms with Crippen molar-refractivity contribution in [1.29, 1.82) is 0 Å². The van der Waals surface area contributed by atoms with Gasteiger partial charge in [0.15, 0.2) is 23.6 Å². The van der Waals surface area contributed by atoms with Crippen molar-refractivity contribution in [1.82, 2.24) is 34.7 Å². The van der Waals surface area contributed by atoms with E-state index in [9.17, 15) is 14.6 Å². The van der Waals surface area contributed by atoms with Crippen LogP contribution in [0.3, 0.4) is 0 Å². The van der Waals surface area contributed by atoms with Gasteiger partial charge in [-0.05, 0) is 17.3 Å². The first-order chi connectivity index (χ1) is 13.7. The second kappa shape index (κ2) is 6.44. The molecule has 1 aromatic carbocycles. The lowest BCUT2D eigenvalue weighted by Crippen LogP contribution is -2.30. The molecule has 4 heterocycles. The van der Waals surface area contributed by atoms with Gasteiger partial charge in [-0.25, -0.2) is 14.4 Å². The molecular formula is C16H14FN7O4. The highest BCUT2D eigenvalue weighted by Gasteiger charge is 2.45. The molecule has 0 spiro atoms. The van der Waals surface area contributed by atoms with Crippen LogP contribution in [0.1, 0.15) is 6.23 Å². The highest BCUT2D eigenvalue weighted by molar-refractivity contribution is 5.77. The molecule has 0 radical (unpaired) electrons. The van der Waals surface area contributed by atoms with Crippen LogP contribution in [0, 0.1) is 0 Å². The van der Waals surface area contributed by atoms with Gasteiger partial charge >= 0.3 is 0 Å². The van der Waals surface area contributed by atoms with Crippen LogP contribution >= 0.6 is 0 Å². The number of rotatable bonds is 4. The Labute approximate surface area is 155 Å². The molecule has 0 bridgehead atoms. The Balaban J connectivity index is 1.53. The molecule has 11 nitrogen and oxygen atoms in total. The molecule has 12 heteroatoms. The molecular weight excluding hydrogens is 373 g/mol. The zero-order chi connectivity index (χ0) is 19.3. The van der Waals surface area contributed by atoms with E-state index >= 15 is 0 Å². The number of nitrogens with zero attached hydrogens (tertiary/aromatic N) is 7. The summed E-state index contributed by atoms with van der Waals surface area (Å²) >= 11 is 0. The third-order valence-corrected chi connectivity index (χ3v) is 4.57. The average molecular weight is 387 g/mol. The highest BCUT2D eigenvalue weighted by atomic mass is 19.1. The molecule has 28 heavy (non-hydrogen) atoms. The Morgan fingerprint density at radius 3 is 2.89 bits per heavy atom. The van der Waals surface area contributed by atoms with Gasteiger partial charge in [-0.2, -0.15) is 4.98 Å². The van der Waals surface area contributed by atoms with Crippen LogP contribution in [0.4, 0.5) is 4.39 Å². The van der Waals surface area contributed by atoms with Gasteiger partial charge in [-0.1, -0.05) is 17.0 Å². The number of ether oxygens (including phenoxy) is 1. The van der Waals surface area contributed by atoms with Gasteiger partial charge in [0.1, 0.15) is 29.6 Å². The van der Waals surface area contributed by atoms with Crippen molar-refractivity contribution >= 4 is 22.2 Å². The summed E-state index contributed by atoms with van der Waals surface area (Å²) in [7, 11) is 0. The molecule has 4 atom stereocenters. The SMILES string of the molecule is OCC1OC(n2cnc3c(On4nnc5ccccc54)ncnc32)C(F)[C@@H]1O. The zero-order valence-corrected chi connectivity index (χ0v) is 14.2. The van der Waals surface area contributed by atoms with Crippen molar-refractivity contribution in [3.63, 3.8) is 0 Å². The van der Waals surface area contributed by atoms with Gasteiger partial charge in [-0.3, -0.25) is 4.57 Å². The smallest absolute Gasteiger partial charge is 0.280 e. The molecule has 1 aliphatic rings. The molecule has 1 aliphatic heterocycles. The van der Waals surface area contributed by atoms with Gasteiger partial charge in [0, 0.05) is 0 Å². The summed E-state index contributed by atoms with van der Waals surface area (Å²) in [5.74, 6) is 0.0899. The first-order valence-electron chi connectivity index (χ1n) is 8.42.